The number of anilines is 1. The first-order chi connectivity index (χ1) is 12.5. The fourth-order valence-electron chi connectivity index (χ4n) is 3.77. The van der Waals surface area contributed by atoms with Gasteiger partial charge in [0.15, 0.2) is 0 Å². The van der Waals surface area contributed by atoms with E-state index in [1.807, 2.05) is 6.92 Å². The molecule has 2 aromatic rings. The second kappa shape index (κ2) is 7.61. The van der Waals surface area contributed by atoms with E-state index in [1.165, 1.54) is 22.6 Å². The van der Waals surface area contributed by atoms with E-state index in [-0.39, 0.29) is 5.91 Å². The Morgan fingerprint density at radius 2 is 2.12 bits per heavy atom. The minimum absolute atomic E-state index is 0.299. The molecule has 3 N–H and O–H groups in total. The average Bonchev–Trinajstić information content (AvgIpc) is 3.14. The van der Waals surface area contributed by atoms with E-state index in [0.29, 0.717) is 39.9 Å². The molecule has 2 aromatic heterocycles. The van der Waals surface area contributed by atoms with Crippen molar-refractivity contribution in [3.8, 4) is 0 Å². The highest BCUT2D eigenvalue weighted by Crippen LogP contribution is 2.40. The van der Waals surface area contributed by atoms with Gasteiger partial charge in [-0.2, -0.15) is 0 Å². The van der Waals surface area contributed by atoms with Gasteiger partial charge in [-0.05, 0) is 44.1 Å². The zero-order valence-electron chi connectivity index (χ0n) is 15.5. The van der Waals surface area contributed by atoms with Crippen LogP contribution in [0.5, 0.6) is 0 Å². The molecular formula is C19H25N3O3S. The van der Waals surface area contributed by atoms with Gasteiger partial charge in [0.25, 0.3) is 11.8 Å². The maximum absolute atomic E-state index is 12.8. The molecule has 6 nitrogen and oxygen atoms in total. The SMILES string of the molecule is CCC[C@@H]1CCc2c(sc(NC(=O)c3c(CC)noc3C)c2C(N)=O)C1. The number of aryl methyl sites for hydroxylation is 2. The molecule has 0 radical (unpaired) electrons. The van der Waals surface area contributed by atoms with Crippen LogP contribution in [0.15, 0.2) is 4.52 Å². The maximum atomic E-state index is 12.8. The molecule has 7 heteroatoms. The number of carbonyl (C=O) groups is 2. The number of nitrogens with zero attached hydrogens (tertiary/aromatic N) is 1. The van der Waals surface area contributed by atoms with Crippen LogP contribution >= 0.6 is 11.3 Å². The summed E-state index contributed by atoms with van der Waals surface area (Å²) < 4.78 is 5.15. The molecule has 0 aliphatic heterocycles. The maximum Gasteiger partial charge on any atom is 0.261 e. The quantitative estimate of drug-likeness (QED) is 0.801. The molecule has 0 unspecified atom stereocenters. The number of hydrogen-bond donors (Lipinski definition) is 2. The van der Waals surface area contributed by atoms with E-state index in [4.69, 9.17) is 10.3 Å². The van der Waals surface area contributed by atoms with E-state index < -0.39 is 5.91 Å². The van der Waals surface area contributed by atoms with Gasteiger partial charge >= 0.3 is 0 Å². The fourth-order valence-corrected chi connectivity index (χ4v) is 5.14. The van der Waals surface area contributed by atoms with Crippen molar-refractivity contribution in [2.75, 3.05) is 5.32 Å². The van der Waals surface area contributed by atoms with Gasteiger partial charge in [-0.1, -0.05) is 31.8 Å². The summed E-state index contributed by atoms with van der Waals surface area (Å²) in [5.41, 5.74) is 8.19. The molecule has 2 heterocycles. The zero-order chi connectivity index (χ0) is 18.8. The van der Waals surface area contributed by atoms with Gasteiger partial charge in [-0.3, -0.25) is 9.59 Å². The average molecular weight is 375 g/mol. The highest BCUT2D eigenvalue weighted by molar-refractivity contribution is 7.17. The number of nitrogens with two attached hydrogens (primary N) is 1. The van der Waals surface area contributed by atoms with Crippen LogP contribution in [0.25, 0.3) is 0 Å². The Bertz CT molecular complexity index is 837. The second-order valence-corrected chi connectivity index (χ2v) is 7.94. The molecule has 0 spiro atoms. The van der Waals surface area contributed by atoms with Crippen molar-refractivity contribution >= 4 is 28.2 Å². The van der Waals surface area contributed by atoms with Gasteiger partial charge in [-0.15, -0.1) is 11.3 Å². The van der Waals surface area contributed by atoms with Crippen molar-refractivity contribution in [2.45, 2.75) is 59.3 Å². The Kier molecular flexibility index (Phi) is 5.46. The third-order valence-corrected chi connectivity index (χ3v) is 6.20. The van der Waals surface area contributed by atoms with E-state index >= 15 is 0 Å². The van der Waals surface area contributed by atoms with Crippen molar-refractivity contribution in [3.05, 3.63) is 33.0 Å². The van der Waals surface area contributed by atoms with Crippen LogP contribution in [-0.4, -0.2) is 17.0 Å². The van der Waals surface area contributed by atoms with Crippen LogP contribution < -0.4 is 11.1 Å². The molecule has 26 heavy (non-hydrogen) atoms. The number of carbonyl (C=O) groups excluding carboxylic acids is 2. The number of thiophene rings is 1. The van der Waals surface area contributed by atoms with E-state index in [2.05, 4.69) is 17.4 Å². The summed E-state index contributed by atoms with van der Waals surface area (Å²) in [7, 11) is 0. The Labute approximate surface area is 157 Å². The Morgan fingerprint density at radius 1 is 1.35 bits per heavy atom. The minimum Gasteiger partial charge on any atom is -0.365 e. The molecule has 0 fully saturated rings. The number of nitrogens with one attached hydrogen (secondary N) is 1. The molecule has 0 saturated heterocycles. The van der Waals surface area contributed by atoms with Crippen LogP contribution in [0.2, 0.25) is 0 Å². The number of amides is 2. The van der Waals surface area contributed by atoms with Crippen LogP contribution in [0.1, 0.15) is 75.7 Å². The van der Waals surface area contributed by atoms with Crippen LogP contribution in [0.3, 0.4) is 0 Å². The first kappa shape index (κ1) is 18.6. The Balaban J connectivity index is 1.92. The number of primary amides is 1. The molecule has 0 bridgehead atoms. The molecule has 0 saturated carbocycles. The van der Waals surface area contributed by atoms with E-state index in [1.54, 1.807) is 6.92 Å². The number of fused-ring (bicyclic) bond motifs is 1. The van der Waals surface area contributed by atoms with Crippen LogP contribution in [-0.2, 0) is 19.3 Å². The third kappa shape index (κ3) is 3.40. The molecule has 3 rings (SSSR count). The number of rotatable bonds is 6. The summed E-state index contributed by atoms with van der Waals surface area (Å²) in [4.78, 5) is 26.0. The molecule has 140 valence electrons. The summed E-state index contributed by atoms with van der Waals surface area (Å²) in [5, 5.41) is 7.37. The number of aromatic nitrogens is 1. The van der Waals surface area contributed by atoms with Crippen molar-refractivity contribution in [1.29, 1.82) is 0 Å². The largest absolute Gasteiger partial charge is 0.365 e. The Morgan fingerprint density at radius 3 is 2.77 bits per heavy atom. The molecule has 0 aromatic carbocycles. The molecule has 1 atom stereocenters. The lowest BCUT2D eigenvalue weighted by Crippen LogP contribution is -2.20. The second-order valence-electron chi connectivity index (χ2n) is 6.84. The first-order valence-electron chi connectivity index (χ1n) is 9.17. The smallest absolute Gasteiger partial charge is 0.261 e. The van der Waals surface area contributed by atoms with Gasteiger partial charge < -0.3 is 15.6 Å². The van der Waals surface area contributed by atoms with Gasteiger partial charge in [0, 0.05) is 4.88 Å². The normalized spacial score (nSPS) is 16.3. The standard InChI is InChI=1S/C19H25N3O3S/c1-4-6-11-7-8-12-14(9-11)26-19(16(12)17(20)23)21-18(24)15-10(3)25-22-13(15)5-2/h11H,4-9H2,1-3H3,(H2,20,23)(H,21,24)/t11-/m1/s1. The monoisotopic (exact) mass is 375 g/mol. The first-order valence-corrected chi connectivity index (χ1v) is 9.98. The lowest BCUT2D eigenvalue weighted by atomic mass is 9.84. The van der Waals surface area contributed by atoms with Crippen LogP contribution in [0, 0.1) is 12.8 Å². The topological polar surface area (TPSA) is 98.2 Å². The van der Waals surface area contributed by atoms with Gasteiger partial charge in [0.2, 0.25) is 0 Å². The zero-order valence-corrected chi connectivity index (χ0v) is 16.3. The molecular weight excluding hydrogens is 350 g/mol. The third-order valence-electron chi connectivity index (χ3n) is 5.03. The fraction of sp³-hybridized carbons (Fsp3) is 0.526. The number of hydrogen-bond acceptors (Lipinski definition) is 5. The van der Waals surface area contributed by atoms with E-state index in [9.17, 15) is 9.59 Å². The molecule has 2 amide bonds. The lowest BCUT2D eigenvalue weighted by Gasteiger charge is -2.21. The summed E-state index contributed by atoms with van der Waals surface area (Å²) in [6, 6.07) is 0. The lowest BCUT2D eigenvalue weighted by molar-refractivity contribution is 0.1000. The van der Waals surface area contributed by atoms with Crippen molar-refractivity contribution < 1.29 is 14.1 Å². The minimum atomic E-state index is -0.482. The highest BCUT2D eigenvalue weighted by Gasteiger charge is 2.29. The summed E-state index contributed by atoms with van der Waals surface area (Å²) in [6.45, 7) is 5.82. The van der Waals surface area contributed by atoms with Crippen LogP contribution in [0.4, 0.5) is 5.00 Å². The van der Waals surface area contributed by atoms with Gasteiger partial charge in [0.05, 0.1) is 11.3 Å². The summed E-state index contributed by atoms with van der Waals surface area (Å²) in [6.07, 6.45) is 5.81. The van der Waals surface area contributed by atoms with Crippen molar-refractivity contribution in [2.24, 2.45) is 11.7 Å². The summed E-state index contributed by atoms with van der Waals surface area (Å²) >= 11 is 1.48. The summed E-state index contributed by atoms with van der Waals surface area (Å²) in [5.74, 6) is 0.336. The predicted octanol–water partition coefficient (Wildman–Crippen LogP) is 3.86. The Hall–Kier alpha value is -2.15. The van der Waals surface area contributed by atoms with Crippen molar-refractivity contribution in [1.82, 2.24) is 5.16 Å². The predicted molar refractivity (Wildman–Crippen MR) is 102 cm³/mol. The van der Waals surface area contributed by atoms with E-state index in [0.717, 1.165) is 31.2 Å². The highest BCUT2D eigenvalue weighted by atomic mass is 32.1. The van der Waals surface area contributed by atoms with Crippen molar-refractivity contribution in [3.63, 3.8) is 0 Å². The van der Waals surface area contributed by atoms with Gasteiger partial charge in [-0.25, -0.2) is 0 Å². The molecule has 1 aliphatic carbocycles. The van der Waals surface area contributed by atoms with Gasteiger partial charge in [0.1, 0.15) is 16.3 Å². The molecule has 1 aliphatic rings.